The van der Waals surface area contributed by atoms with Gasteiger partial charge in [0.05, 0.1) is 0 Å². The van der Waals surface area contributed by atoms with Gasteiger partial charge in [0, 0.05) is 0 Å². The summed E-state index contributed by atoms with van der Waals surface area (Å²) in [7, 11) is 10.6. The Balaban J connectivity index is 0.000000136. The Morgan fingerprint density at radius 3 is 1.60 bits per heavy atom. The second-order valence-corrected chi connectivity index (χ2v) is 48.6. The Morgan fingerprint density at radius 1 is 0.650 bits per heavy atom. The maximum Gasteiger partial charge on any atom is -0.0279 e. The van der Waals surface area contributed by atoms with Crippen LogP contribution in [0.1, 0.15) is 29.9 Å². The molecule has 40 heavy (non-hydrogen) atoms. The molecule has 0 heterocycles. The van der Waals surface area contributed by atoms with Crippen molar-refractivity contribution in [2.24, 2.45) is 0 Å². The van der Waals surface area contributed by atoms with Gasteiger partial charge >= 0.3 is 54.8 Å². The molecule has 202 valence electrons. The molecule has 0 aliphatic heterocycles. The largest absolute Gasteiger partial charge is 0.164 e. The summed E-state index contributed by atoms with van der Waals surface area (Å²) in [6.07, 6.45) is 2.74. The molecule has 0 radical (unpaired) electrons. The monoisotopic (exact) mass is 700 g/mol. The molecule has 1 aliphatic rings. The van der Waals surface area contributed by atoms with Crippen LogP contribution >= 0.6 is 17.0 Å². The van der Waals surface area contributed by atoms with E-state index in [1.807, 2.05) is 0 Å². The zero-order chi connectivity index (χ0) is 28.1. The Labute approximate surface area is 254 Å². The number of hydrogen-bond acceptors (Lipinski definition) is 0. The predicted octanol–water partition coefficient (Wildman–Crippen LogP) is 11.8. The summed E-state index contributed by atoms with van der Waals surface area (Å²) >= 11 is -1.59. The van der Waals surface area contributed by atoms with Gasteiger partial charge in [0.2, 0.25) is 0 Å². The van der Waals surface area contributed by atoms with Gasteiger partial charge in [-0.25, -0.2) is 0 Å². The SMILES string of the molecule is Cc1cc2c(-c3ccccc3)cccc2[cH-]1.[CH3][Ge]([CH3])=[Zr]([Cl])[Cl].c1ccc(-c2cccc3[cH-]c(C4CC4)cc23)cc1. The summed E-state index contributed by atoms with van der Waals surface area (Å²) in [6.45, 7) is 2.15. The first kappa shape index (κ1) is 29.6. The quantitative estimate of drug-likeness (QED) is 0.127. The molecule has 0 bridgehead atoms. The van der Waals surface area contributed by atoms with E-state index < -0.39 is 26.2 Å². The van der Waals surface area contributed by atoms with Crippen molar-refractivity contribution in [3.63, 3.8) is 0 Å². The molecule has 7 rings (SSSR count). The smallest absolute Gasteiger partial charge is 0.0279 e. The third-order valence-electron chi connectivity index (χ3n) is 7.26. The van der Waals surface area contributed by atoms with Crippen LogP contribution in [0.3, 0.4) is 0 Å². The molecule has 0 unspecified atom stereocenters. The normalized spacial score (nSPS) is 12.3. The minimum atomic E-state index is -1.59. The topological polar surface area (TPSA) is 0 Å². The van der Waals surface area contributed by atoms with Gasteiger partial charge in [-0.05, 0) is 29.9 Å². The molecule has 4 heteroatoms. The van der Waals surface area contributed by atoms with E-state index in [-0.39, 0.29) is 0 Å². The van der Waals surface area contributed by atoms with Crippen LogP contribution in [-0.2, 0) is 16.2 Å². The number of aryl methyl sites for hydroxylation is 1. The summed E-state index contributed by atoms with van der Waals surface area (Å²) < 4.78 is 0. The summed E-state index contributed by atoms with van der Waals surface area (Å²) in [5, 5.41) is 5.48. The van der Waals surface area contributed by atoms with Crippen molar-refractivity contribution in [2.45, 2.75) is 37.2 Å². The number of rotatable bonds is 3. The van der Waals surface area contributed by atoms with Crippen LogP contribution < -0.4 is 0 Å². The Hall–Kier alpha value is -1.89. The summed E-state index contributed by atoms with van der Waals surface area (Å²) in [5.74, 6) is 5.30. The molecule has 0 spiro atoms. The van der Waals surface area contributed by atoms with Crippen molar-refractivity contribution in [3.05, 3.63) is 132 Å². The molecule has 6 aromatic rings. The van der Waals surface area contributed by atoms with Crippen LogP contribution in [0.25, 0.3) is 43.8 Å². The van der Waals surface area contributed by atoms with E-state index in [9.17, 15) is 0 Å². The molecule has 0 saturated heterocycles. The molecule has 0 aromatic heterocycles. The number of fused-ring (bicyclic) bond motifs is 2. The molecule has 0 N–H and O–H groups in total. The molecule has 0 atom stereocenters. The van der Waals surface area contributed by atoms with Crippen molar-refractivity contribution in [1.82, 2.24) is 0 Å². The maximum absolute atomic E-state index is 5.65. The van der Waals surface area contributed by atoms with Crippen LogP contribution in [0.4, 0.5) is 0 Å². The Morgan fingerprint density at radius 2 is 1.12 bits per heavy atom. The average Bonchev–Trinajstić information content (AvgIpc) is 3.61. The van der Waals surface area contributed by atoms with E-state index in [0.29, 0.717) is 0 Å². The minimum absolute atomic E-state index is 0.735. The van der Waals surface area contributed by atoms with Gasteiger partial charge in [-0.15, -0.1) is 69.1 Å². The van der Waals surface area contributed by atoms with Gasteiger partial charge in [-0.2, -0.15) is 12.1 Å². The molecule has 1 fully saturated rings. The fraction of sp³-hybridized carbons (Fsp3) is 0.167. The van der Waals surface area contributed by atoms with Crippen molar-refractivity contribution in [2.75, 3.05) is 0 Å². The number of benzene rings is 4. The van der Waals surface area contributed by atoms with E-state index in [4.69, 9.17) is 17.0 Å². The first-order chi connectivity index (χ1) is 19.4. The fourth-order valence-electron chi connectivity index (χ4n) is 5.03. The van der Waals surface area contributed by atoms with Crippen molar-refractivity contribution < 1.29 is 16.2 Å². The summed E-state index contributed by atoms with van der Waals surface area (Å²) in [6, 6.07) is 43.6. The Kier molecular flexibility index (Phi) is 10.2. The summed E-state index contributed by atoms with van der Waals surface area (Å²) in [4.78, 5) is 0. The van der Waals surface area contributed by atoms with Gasteiger partial charge < -0.3 is 0 Å². The van der Waals surface area contributed by atoms with Crippen molar-refractivity contribution >= 4 is 48.5 Å². The molecule has 1 aliphatic carbocycles. The van der Waals surface area contributed by atoms with Crippen LogP contribution in [0.15, 0.2) is 121 Å². The van der Waals surface area contributed by atoms with E-state index >= 15 is 0 Å². The molecule has 1 saturated carbocycles. The van der Waals surface area contributed by atoms with Gasteiger partial charge in [-0.1, -0.05) is 90.8 Å². The molecular formula is C36H34Cl2GeZr-2. The zero-order valence-electron chi connectivity index (χ0n) is 23.3. The fourth-order valence-corrected chi connectivity index (χ4v) is 5.03. The second-order valence-electron chi connectivity index (χ2n) is 10.7. The van der Waals surface area contributed by atoms with Gasteiger partial charge in [0.15, 0.2) is 0 Å². The molecule has 0 amide bonds. The third-order valence-corrected chi connectivity index (χ3v) is 41.7. The van der Waals surface area contributed by atoms with Gasteiger partial charge in [0.25, 0.3) is 0 Å². The standard InChI is InChI=1S/C18H15.C16H13.C2H6Ge.2ClH.Zr/c1-2-5-14(6-3-1)17-8-4-7-15-11-16(12-18(15)17)13-9-10-13;1-12-10-14-8-5-9-15(16(14)11-12)13-6-3-2-4-7-13;1-3-2;;;/h1-8,11-13H,9-10H2;2-11H,1H3;1-2H3;2*1H;/q2*-1;;;;+2/p-2. The maximum atomic E-state index is 5.65. The molecular weight excluding hydrogens is 667 g/mol. The van der Waals surface area contributed by atoms with Gasteiger partial charge in [-0.3, -0.25) is 0 Å². The second kappa shape index (κ2) is 13.8. The predicted molar refractivity (Wildman–Crippen MR) is 176 cm³/mol. The van der Waals surface area contributed by atoms with Crippen molar-refractivity contribution in [1.29, 1.82) is 0 Å². The molecule has 6 aromatic carbocycles. The van der Waals surface area contributed by atoms with E-state index in [0.717, 1.165) is 5.92 Å². The van der Waals surface area contributed by atoms with Gasteiger partial charge in [0.1, 0.15) is 0 Å². The van der Waals surface area contributed by atoms with Crippen molar-refractivity contribution in [3.8, 4) is 22.3 Å². The van der Waals surface area contributed by atoms with Crippen LogP contribution in [0.5, 0.6) is 0 Å². The van der Waals surface area contributed by atoms with Crippen LogP contribution in [0.2, 0.25) is 11.5 Å². The minimum Gasteiger partial charge on any atom is -0.164 e. The third kappa shape index (κ3) is 7.48. The van der Waals surface area contributed by atoms with E-state index in [1.165, 1.54) is 67.8 Å². The zero-order valence-corrected chi connectivity index (χ0v) is 29.4. The Bertz CT molecular complexity index is 1720. The first-order valence-corrected chi connectivity index (χ1v) is 31.8. The number of hydrogen-bond donors (Lipinski definition) is 0. The summed E-state index contributed by atoms with van der Waals surface area (Å²) in [5.41, 5.74) is 8.16. The van der Waals surface area contributed by atoms with E-state index in [2.05, 4.69) is 140 Å². The first-order valence-electron chi connectivity index (χ1n) is 13.9. The van der Waals surface area contributed by atoms with Crippen LogP contribution in [0, 0.1) is 6.92 Å². The number of halogens is 2. The van der Waals surface area contributed by atoms with E-state index in [1.54, 1.807) is 0 Å². The average molecular weight is 701 g/mol. The van der Waals surface area contributed by atoms with Crippen LogP contribution in [-0.4, -0.2) is 9.98 Å². The molecule has 0 nitrogen and oxygen atoms in total.